The van der Waals surface area contributed by atoms with Crippen molar-refractivity contribution in [3.8, 4) is 0 Å². The second-order valence-corrected chi connectivity index (χ2v) is 4.98. The molecule has 0 fully saturated rings. The topological polar surface area (TPSA) is 9.23 Å². The van der Waals surface area contributed by atoms with Crippen LogP contribution in [0.3, 0.4) is 0 Å². The van der Waals surface area contributed by atoms with Gasteiger partial charge < -0.3 is 4.74 Å². The van der Waals surface area contributed by atoms with Crippen LogP contribution in [-0.4, -0.2) is 19.4 Å². The van der Waals surface area contributed by atoms with E-state index in [-0.39, 0.29) is 12.0 Å². The summed E-state index contributed by atoms with van der Waals surface area (Å²) in [4.78, 5) is 0. The fraction of sp³-hybridized carbons (Fsp3) is 0.571. The van der Waals surface area contributed by atoms with Crippen LogP contribution in [0.2, 0.25) is 0 Å². The Morgan fingerprint density at radius 2 is 1.50 bits per heavy atom. The smallest absolute Gasteiger partial charge is 0.381 e. The molecule has 1 aromatic carbocycles. The molecule has 0 aromatic heterocycles. The number of ether oxygens (including phenoxy) is 1. The predicted molar refractivity (Wildman–Crippen MR) is 65.6 cm³/mol. The van der Waals surface area contributed by atoms with Crippen molar-refractivity contribution in [2.24, 2.45) is 0 Å². The van der Waals surface area contributed by atoms with Crippen molar-refractivity contribution < 1.29 is 17.9 Å². The third-order valence-corrected chi connectivity index (χ3v) is 2.96. The van der Waals surface area contributed by atoms with Crippen molar-refractivity contribution in [3.63, 3.8) is 0 Å². The van der Waals surface area contributed by atoms with E-state index < -0.39 is 12.6 Å². The van der Waals surface area contributed by atoms with Crippen LogP contribution in [0.15, 0.2) is 30.3 Å². The minimum atomic E-state index is -4.13. The first-order valence-electron chi connectivity index (χ1n) is 6.01. The average molecular weight is 260 g/mol. The van der Waals surface area contributed by atoms with Gasteiger partial charge in [0.1, 0.15) is 0 Å². The Balaban J connectivity index is 2.30. The summed E-state index contributed by atoms with van der Waals surface area (Å²) < 4.78 is 40.8. The van der Waals surface area contributed by atoms with Crippen molar-refractivity contribution in [2.75, 3.05) is 13.2 Å². The molecule has 0 aliphatic carbocycles. The zero-order valence-corrected chi connectivity index (χ0v) is 10.8. The lowest BCUT2D eigenvalue weighted by Crippen LogP contribution is -2.20. The third-order valence-electron chi connectivity index (χ3n) is 2.96. The number of halogens is 3. The molecule has 0 atom stereocenters. The van der Waals surface area contributed by atoms with Crippen LogP contribution in [-0.2, 0) is 10.2 Å². The zero-order valence-electron chi connectivity index (χ0n) is 10.8. The van der Waals surface area contributed by atoms with E-state index >= 15 is 0 Å². The van der Waals surface area contributed by atoms with Gasteiger partial charge in [0.25, 0.3) is 0 Å². The van der Waals surface area contributed by atoms with Gasteiger partial charge in [0, 0.05) is 6.61 Å². The van der Waals surface area contributed by atoms with Crippen molar-refractivity contribution in [1.82, 2.24) is 0 Å². The Morgan fingerprint density at radius 1 is 0.944 bits per heavy atom. The number of hydrogen-bond acceptors (Lipinski definition) is 1. The molecule has 0 aliphatic heterocycles. The number of benzene rings is 1. The fourth-order valence-electron chi connectivity index (χ4n) is 1.65. The van der Waals surface area contributed by atoms with E-state index in [4.69, 9.17) is 4.74 Å². The number of rotatable bonds is 6. The van der Waals surface area contributed by atoms with Crippen LogP contribution in [0.4, 0.5) is 13.2 Å². The van der Waals surface area contributed by atoms with Crippen LogP contribution >= 0.6 is 0 Å². The lowest BCUT2D eigenvalue weighted by Gasteiger charge is -2.25. The van der Waals surface area contributed by atoms with Crippen molar-refractivity contribution >= 4 is 0 Å². The molecule has 0 amide bonds. The molecular weight excluding hydrogens is 241 g/mol. The first-order chi connectivity index (χ1) is 8.31. The van der Waals surface area contributed by atoms with Gasteiger partial charge in [0.15, 0.2) is 0 Å². The van der Waals surface area contributed by atoms with Crippen LogP contribution in [0.25, 0.3) is 0 Å². The molecule has 0 heterocycles. The Bertz CT molecular complexity index is 344. The number of alkyl halides is 3. The molecule has 0 radical (unpaired) electrons. The van der Waals surface area contributed by atoms with Crippen LogP contribution in [0, 0.1) is 0 Å². The minimum Gasteiger partial charge on any atom is -0.381 e. The standard InChI is InChI=1S/C14H19F3O/c1-13(2,12-6-4-3-5-7-12)8-10-18-11-9-14(15,16)17/h3-7H,8-11H2,1-2H3. The second-order valence-electron chi connectivity index (χ2n) is 4.98. The normalized spacial score (nSPS) is 12.7. The van der Waals surface area contributed by atoms with Crippen LogP contribution < -0.4 is 0 Å². The molecule has 0 aliphatic rings. The molecule has 1 aromatic rings. The lowest BCUT2D eigenvalue weighted by molar-refractivity contribution is -0.145. The van der Waals surface area contributed by atoms with Gasteiger partial charge in [-0.05, 0) is 17.4 Å². The molecule has 0 bridgehead atoms. The van der Waals surface area contributed by atoms with Gasteiger partial charge >= 0.3 is 6.18 Å². The molecule has 1 rings (SSSR count). The van der Waals surface area contributed by atoms with Gasteiger partial charge in [-0.1, -0.05) is 44.2 Å². The first kappa shape index (κ1) is 15.0. The Morgan fingerprint density at radius 3 is 2.06 bits per heavy atom. The molecule has 0 saturated carbocycles. The average Bonchev–Trinajstić information content (AvgIpc) is 2.28. The van der Waals surface area contributed by atoms with E-state index in [1.807, 2.05) is 30.3 Å². The number of hydrogen-bond donors (Lipinski definition) is 0. The Hall–Kier alpha value is -1.03. The van der Waals surface area contributed by atoms with Gasteiger partial charge in [-0.3, -0.25) is 0 Å². The summed E-state index contributed by atoms with van der Waals surface area (Å²) in [5.74, 6) is 0. The van der Waals surface area contributed by atoms with E-state index in [1.165, 1.54) is 5.56 Å². The maximum atomic E-state index is 11.9. The van der Waals surface area contributed by atoms with Gasteiger partial charge in [0.05, 0.1) is 13.0 Å². The van der Waals surface area contributed by atoms with Crippen LogP contribution in [0.1, 0.15) is 32.3 Å². The Labute approximate surface area is 106 Å². The third kappa shape index (κ3) is 5.54. The van der Waals surface area contributed by atoms with Gasteiger partial charge in [-0.25, -0.2) is 0 Å². The van der Waals surface area contributed by atoms with Crippen molar-refractivity contribution in [3.05, 3.63) is 35.9 Å². The summed E-state index contributed by atoms with van der Waals surface area (Å²) in [5, 5.41) is 0. The molecule has 0 saturated heterocycles. The zero-order chi connectivity index (χ0) is 13.6. The van der Waals surface area contributed by atoms with Gasteiger partial charge in [0.2, 0.25) is 0 Å². The molecular formula is C14H19F3O. The maximum absolute atomic E-state index is 11.9. The molecule has 102 valence electrons. The minimum absolute atomic E-state index is 0.0838. The highest BCUT2D eigenvalue weighted by atomic mass is 19.4. The van der Waals surface area contributed by atoms with Gasteiger partial charge in [-0.2, -0.15) is 13.2 Å². The fourth-order valence-corrected chi connectivity index (χ4v) is 1.65. The molecule has 0 N–H and O–H groups in total. The molecule has 1 nitrogen and oxygen atoms in total. The largest absolute Gasteiger partial charge is 0.391 e. The van der Waals surface area contributed by atoms with E-state index in [0.717, 1.165) is 0 Å². The quantitative estimate of drug-likeness (QED) is 0.692. The van der Waals surface area contributed by atoms with Crippen molar-refractivity contribution in [2.45, 2.75) is 38.3 Å². The highest BCUT2D eigenvalue weighted by Crippen LogP contribution is 2.26. The summed E-state index contributed by atoms with van der Waals surface area (Å²) in [7, 11) is 0. The van der Waals surface area contributed by atoms with E-state index in [1.54, 1.807) is 0 Å². The SMILES string of the molecule is CC(C)(CCOCCC(F)(F)F)c1ccccc1. The second kappa shape index (κ2) is 6.23. The summed E-state index contributed by atoms with van der Waals surface area (Å²) in [5.41, 5.74) is 1.09. The highest BCUT2D eigenvalue weighted by molar-refractivity contribution is 5.23. The molecule has 4 heteroatoms. The first-order valence-corrected chi connectivity index (χ1v) is 6.01. The van der Waals surface area contributed by atoms with E-state index in [9.17, 15) is 13.2 Å². The van der Waals surface area contributed by atoms with Crippen molar-refractivity contribution in [1.29, 1.82) is 0 Å². The molecule has 0 spiro atoms. The molecule has 18 heavy (non-hydrogen) atoms. The van der Waals surface area contributed by atoms with E-state index in [2.05, 4.69) is 13.8 Å². The van der Waals surface area contributed by atoms with Gasteiger partial charge in [-0.15, -0.1) is 0 Å². The Kier molecular flexibility index (Phi) is 5.20. The summed E-state index contributed by atoms with van der Waals surface area (Å²) in [6.45, 7) is 4.22. The van der Waals surface area contributed by atoms with Crippen LogP contribution in [0.5, 0.6) is 0 Å². The lowest BCUT2D eigenvalue weighted by atomic mass is 9.82. The monoisotopic (exact) mass is 260 g/mol. The predicted octanol–water partition coefficient (Wildman–Crippen LogP) is 4.32. The molecule has 0 unspecified atom stereocenters. The summed E-state index contributed by atoms with van der Waals surface area (Å²) >= 11 is 0. The van der Waals surface area contributed by atoms with E-state index in [0.29, 0.717) is 13.0 Å². The summed E-state index contributed by atoms with van der Waals surface area (Å²) in [6, 6.07) is 9.91. The highest BCUT2D eigenvalue weighted by Gasteiger charge is 2.26. The summed E-state index contributed by atoms with van der Waals surface area (Å²) in [6.07, 6.45) is -4.30. The maximum Gasteiger partial charge on any atom is 0.391 e.